The van der Waals surface area contributed by atoms with Crippen molar-refractivity contribution in [2.45, 2.75) is 44.4 Å². The van der Waals surface area contributed by atoms with Gasteiger partial charge >= 0.3 is 0 Å². The number of hydrogen-bond acceptors (Lipinski definition) is 9. The SMILES string of the molecule is COc1cc(C(=O)NCC2(c3cc(C(C)(C)O)c(F)c(-c4ccc(F)cc4)n3)CC(N3C(=O)c4ccccc4C3=O)CO2)cc2cc(C)nnc12. The van der Waals surface area contributed by atoms with Gasteiger partial charge in [-0.05, 0) is 81.4 Å². The summed E-state index contributed by atoms with van der Waals surface area (Å²) in [7, 11) is 1.46. The monoisotopic (exact) mass is 693 g/mol. The predicted molar refractivity (Wildman–Crippen MR) is 181 cm³/mol. The second kappa shape index (κ2) is 12.6. The van der Waals surface area contributed by atoms with E-state index in [0.29, 0.717) is 22.3 Å². The number of carbonyl (C=O) groups excluding carboxylic acids is 3. The molecule has 2 atom stereocenters. The van der Waals surface area contributed by atoms with Crippen LogP contribution in [0.4, 0.5) is 8.78 Å². The van der Waals surface area contributed by atoms with Crippen molar-refractivity contribution in [1.29, 1.82) is 0 Å². The van der Waals surface area contributed by atoms with Crippen molar-refractivity contribution in [3.8, 4) is 17.0 Å². The molecule has 5 aromatic rings. The van der Waals surface area contributed by atoms with E-state index < -0.39 is 46.6 Å². The van der Waals surface area contributed by atoms with Crippen LogP contribution in [-0.4, -0.2) is 69.2 Å². The Bertz CT molecular complexity index is 2200. The van der Waals surface area contributed by atoms with Crippen molar-refractivity contribution in [3.63, 3.8) is 0 Å². The topological polar surface area (TPSA) is 144 Å². The highest BCUT2D eigenvalue weighted by atomic mass is 19.1. The van der Waals surface area contributed by atoms with Gasteiger partial charge in [0.15, 0.2) is 5.82 Å². The van der Waals surface area contributed by atoms with E-state index in [4.69, 9.17) is 9.47 Å². The van der Waals surface area contributed by atoms with Gasteiger partial charge in [-0.1, -0.05) is 12.1 Å². The van der Waals surface area contributed by atoms with Gasteiger partial charge in [-0.2, -0.15) is 5.10 Å². The standard InChI is InChI=1S/C38H33F2N5O6/c1-20-13-22-14-23(15-29(50-4)32(22)44-43-20)34(46)41-19-38(17-25(18-51-38)45-35(47)26-7-5-6-8-27(26)36(45)48)30-16-28(37(2,3)49)31(40)33(42-30)21-9-11-24(39)12-10-21/h5-16,25,49H,17-19H2,1-4H3,(H,41,46). The molecular formula is C38H33F2N5O6. The van der Waals surface area contributed by atoms with Crippen LogP contribution in [0.3, 0.4) is 0 Å². The number of benzene rings is 3. The zero-order chi connectivity index (χ0) is 36.2. The molecule has 2 unspecified atom stereocenters. The number of carbonyl (C=O) groups is 3. The number of nitrogens with zero attached hydrogens (tertiary/aromatic N) is 4. The van der Waals surface area contributed by atoms with E-state index in [9.17, 15) is 23.9 Å². The number of aromatic nitrogens is 3. The number of imide groups is 1. The van der Waals surface area contributed by atoms with E-state index in [2.05, 4.69) is 20.5 Å². The number of methoxy groups -OCH3 is 1. The molecule has 4 heterocycles. The molecule has 2 aromatic heterocycles. The van der Waals surface area contributed by atoms with Gasteiger partial charge < -0.3 is 19.9 Å². The van der Waals surface area contributed by atoms with Crippen LogP contribution in [0.5, 0.6) is 5.75 Å². The number of halogens is 2. The Morgan fingerprint density at radius 1 is 1.04 bits per heavy atom. The van der Waals surface area contributed by atoms with Crippen LogP contribution >= 0.6 is 0 Å². The molecule has 0 saturated carbocycles. The zero-order valence-electron chi connectivity index (χ0n) is 28.2. The van der Waals surface area contributed by atoms with Crippen LogP contribution in [0.15, 0.2) is 72.8 Å². The van der Waals surface area contributed by atoms with Gasteiger partial charge in [-0.3, -0.25) is 19.3 Å². The van der Waals surface area contributed by atoms with Crippen LogP contribution < -0.4 is 10.1 Å². The summed E-state index contributed by atoms with van der Waals surface area (Å²) in [5.41, 5.74) is -1.29. The highest BCUT2D eigenvalue weighted by Crippen LogP contribution is 2.42. The van der Waals surface area contributed by atoms with Crippen LogP contribution in [0.1, 0.15) is 68.3 Å². The number of ether oxygens (including phenoxy) is 2. The third kappa shape index (κ3) is 5.97. The second-order valence-electron chi connectivity index (χ2n) is 13.3. The number of aryl methyl sites for hydroxylation is 1. The van der Waals surface area contributed by atoms with Gasteiger partial charge in [0.25, 0.3) is 17.7 Å². The van der Waals surface area contributed by atoms with Gasteiger partial charge in [-0.15, -0.1) is 5.10 Å². The summed E-state index contributed by atoms with van der Waals surface area (Å²) in [6, 6.07) is 17.1. The molecule has 51 heavy (non-hydrogen) atoms. The second-order valence-corrected chi connectivity index (χ2v) is 13.3. The van der Waals surface area contributed by atoms with Gasteiger partial charge in [0, 0.05) is 28.5 Å². The fourth-order valence-electron chi connectivity index (χ4n) is 6.70. The van der Waals surface area contributed by atoms with Crippen LogP contribution in [0.25, 0.3) is 22.2 Å². The fourth-order valence-corrected chi connectivity index (χ4v) is 6.70. The number of pyridine rings is 1. The first kappa shape index (κ1) is 33.8. The largest absolute Gasteiger partial charge is 0.494 e. The molecule has 7 rings (SSSR count). The first-order valence-corrected chi connectivity index (χ1v) is 16.2. The Hall–Kier alpha value is -5.66. The fraction of sp³-hybridized carbons (Fsp3) is 0.263. The van der Waals surface area contributed by atoms with Crippen molar-refractivity contribution in [3.05, 3.63) is 118 Å². The van der Waals surface area contributed by atoms with E-state index in [1.54, 1.807) is 43.3 Å². The molecule has 2 aliphatic rings. The summed E-state index contributed by atoms with van der Waals surface area (Å²) in [5.74, 6) is -2.51. The maximum absolute atomic E-state index is 16.1. The smallest absolute Gasteiger partial charge is 0.261 e. The average molecular weight is 694 g/mol. The van der Waals surface area contributed by atoms with Crippen LogP contribution in [0.2, 0.25) is 0 Å². The van der Waals surface area contributed by atoms with Gasteiger partial charge in [0.1, 0.15) is 28.4 Å². The Morgan fingerprint density at radius 2 is 1.73 bits per heavy atom. The summed E-state index contributed by atoms with van der Waals surface area (Å²) < 4.78 is 42.0. The molecule has 0 radical (unpaired) electrons. The molecule has 2 N–H and O–H groups in total. The van der Waals surface area contributed by atoms with E-state index >= 15 is 4.39 Å². The number of hydrogen-bond donors (Lipinski definition) is 2. The molecule has 260 valence electrons. The maximum atomic E-state index is 16.1. The summed E-state index contributed by atoms with van der Waals surface area (Å²) in [5, 5.41) is 22.9. The van der Waals surface area contributed by atoms with Crippen molar-refractivity contribution in [2.75, 3.05) is 20.3 Å². The zero-order valence-corrected chi connectivity index (χ0v) is 28.2. The van der Waals surface area contributed by atoms with Crippen molar-refractivity contribution in [2.24, 2.45) is 0 Å². The molecule has 0 bridgehead atoms. The van der Waals surface area contributed by atoms with E-state index in [-0.39, 0.29) is 58.8 Å². The lowest BCUT2D eigenvalue weighted by Crippen LogP contribution is -2.44. The molecule has 3 aromatic carbocycles. The number of nitrogens with one attached hydrogen (secondary N) is 1. The molecule has 1 fully saturated rings. The molecule has 11 nitrogen and oxygen atoms in total. The molecule has 1 saturated heterocycles. The Labute approximate surface area is 291 Å². The average Bonchev–Trinajstić information content (AvgIpc) is 3.65. The van der Waals surface area contributed by atoms with Crippen LogP contribution in [-0.2, 0) is 15.9 Å². The van der Waals surface area contributed by atoms with E-state index in [0.717, 1.165) is 17.0 Å². The normalized spacial score (nSPS) is 18.7. The summed E-state index contributed by atoms with van der Waals surface area (Å²) in [4.78, 5) is 46.7. The number of fused-ring (bicyclic) bond motifs is 2. The van der Waals surface area contributed by atoms with Crippen molar-refractivity contribution < 1.29 is 37.7 Å². The van der Waals surface area contributed by atoms with Crippen LogP contribution in [0, 0.1) is 18.6 Å². The minimum absolute atomic E-state index is 0.0264. The Morgan fingerprint density at radius 3 is 2.37 bits per heavy atom. The Kier molecular flexibility index (Phi) is 8.35. The molecule has 0 aliphatic carbocycles. The number of rotatable bonds is 8. The highest BCUT2D eigenvalue weighted by molar-refractivity contribution is 6.21. The molecule has 2 aliphatic heterocycles. The number of amides is 3. The third-order valence-electron chi connectivity index (χ3n) is 9.30. The predicted octanol–water partition coefficient (Wildman–Crippen LogP) is 5.22. The maximum Gasteiger partial charge on any atom is 0.261 e. The van der Waals surface area contributed by atoms with E-state index in [1.807, 2.05) is 0 Å². The summed E-state index contributed by atoms with van der Waals surface area (Å²) in [6.07, 6.45) is -0.0264. The van der Waals surface area contributed by atoms with E-state index in [1.165, 1.54) is 45.2 Å². The Balaban J connectivity index is 1.31. The molecule has 13 heteroatoms. The summed E-state index contributed by atoms with van der Waals surface area (Å²) >= 11 is 0. The van der Waals surface area contributed by atoms with Crippen molar-refractivity contribution >= 4 is 28.6 Å². The summed E-state index contributed by atoms with van der Waals surface area (Å²) in [6.45, 7) is 4.25. The molecule has 3 amide bonds. The minimum Gasteiger partial charge on any atom is -0.494 e. The third-order valence-corrected chi connectivity index (χ3v) is 9.30. The van der Waals surface area contributed by atoms with Gasteiger partial charge in [0.05, 0.1) is 54.4 Å². The van der Waals surface area contributed by atoms with Crippen molar-refractivity contribution in [1.82, 2.24) is 25.4 Å². The van der Waals surface area contributed by atoms with Gasteiger partial charge in [-0.25, -0.2) is 13.8 Å². The molecule has 0 spiro atoms. The first-order chi connectivity index (χ1) is 24.3. The lowest BCUT2D eigenvalue weighted by atomic mass is 9.88. The highest BCUT2D eigenvalue weighted by Gasteiger charge is 2.51. The quantitative estimate of drug-likeness (QED) is 0.209. The number of aliphatic hydroxyl groups is 1. The van der Waals surface area contributed by atoms with Gasteiger partial charge in [0.2, 0.25) is 0 Å². The lowest BCUT2D eigenvalue weighted by molar-refractivity contribution is -0.00406. The lowest BCUT2D eigenvalue weighted by Gasteiger charge is -2.31. The molecular weight excluding hydrogens is 660 g/mol. The minimum atomic E-state index is -1.70. The first-order valence-electron chi connectivity index (χ1n) is 16.2.